The van der Waals surface area contributed by atoms with Crippen LogP contribution < -0.4 is 0 Å². The molecule has 0 aromatic rings. The van der Waals surface area contributed by atoms with Crippen LogP contribution in [0.3, 0.4) is 0 Å². The molecule has 0 nitrogen and oxygen atoms in total. The molecule has 0 saturated carbocycles. The molecule has 0 amide bonds. The Hall–Kier alpha value is 0.480. The standard InChI is InChI=1S/C11H23Br/c1-5-10(6-2)7-8-11(12)9(3)4/h9-11H,5-8H2,1-4H3. The molecular weight excluding hydrogens is 212 g/mol. The van der Waals surface area contributed by atoms with Gasteiger partial charge in [-0.3, -0.25) is 0 Å². The highest BCUT2D eigenvalue weighted by molar-refractivity contribution is 9.09. The van der Waals surface area contributed by atoms with Gasteiger partial charge >= 0.3 is 0 Å². The molecule has 12 heavy (non-hydrogen) atoms. The molecule has 0 aromatic carbocycles. The third-order valence-corrected chi connectivity index (χ3v) is 4.24. The molecule has 0 fully saturated rings. The van der Waals surface area contributed by atoms with Crippen molar-refractivity contribution in [1.82, 2.24) is 0 Å². The minimum atomic E-state index is 0.720. The van der Waals surface area contributed by atoms with Crippen LogP contribution in [-0.2, 0) is 0 Å². The molecule has 74 valence electrons. The maximum absolute atomic E-state index is 3.73. The van der Waals surface area contributed by atoms with Gasteiger partial charge < -0.3 is 0 Å². The first-order chi connectivity index (χ1) is 5.61. The van der Waals surface area contributed by atoms with Gasteiger partial charge in [0.25, 0.3) is 0 Å². The van der Waals surface area contributed by atoms with Crippen molar-refractivity contribution in [2.24, 2.45) is 11.8 Å². The second-order valence-electron chi connectivity index (χ2n) is 4.02. The predicted octanol–water partition coefficient (Wildman–Crippen LogP) is 4.62. The fourth-order valence-corrected chi connectivity index (χ4v) is 1.69. The van der Waals surface area contributed by atoms with Crippen LogP contribution in [0.5, 0.6) is 0 Å². The van der Waals surface area contributed by atoms with Crippen LogP contribution in [0.15, 0.2) is 0 Å². The molecule has 0 aliphatic heterocycles. The number of halogens is 1. The quantitative estimate of drug-likeness (QED) is 0.589. The van der Waals surface area contributed by atoms with Crippen molar-refractivity contribution in [3.63, 3.8) is 0 Å². The monoisotopic (exact) mass is 234 g/mol. The molecule has 0 radical (unpaired) electrons. The fourth-order valence-electron chi connectivity index (χ4n) is 1.43. The third kappa shape index (κ3) is 5.18. The number of rotatable bonds is 6. The molecule has 0 aliphatic rings. The second-order valence-corrected chi connectivity index (χ2v) is 5.20. The van der Waals surface area contributed by atoms with Crippen molar-refractivity contribution >= 4 is 15.9 Å². The summed E-state index contributed by atoms with van der Waals surface area (Å²) in [4.78, 5) is 0.720. The van der Waals surface area contributed by atoms with Crippen LogP contribution in [0, 0.1) is 11.8 Å². The fraction of sp³-hybridized carbons (Fsp3) is 1.00. The minimum absolute atomic E-state index is 0.720. The lowest BCUT2D eigenvalue weighted by Gasteiger charge is -2.17. The average molecular weight is 235 g/mol. The molecule has 0 aromatic heterocycles. The summed E-state index contributed by atoms with van der Waals surface area (Å²) in [7, 11) is 0. The van der Waals surface area contributed by atoms with Crippen LogP contribution in [0.2, 0.25) is 0 Å². The first-order valence-electron chi connectivity index (χ1n) is 5.25. The van der Waals surface area contributed by atoms with Gasteiger partial charge in [0.1, 0.15) is 0 Å². The maximum Gasteiger partial charge on any atom is 0.0168 e. The third-order valence-electron chi connectivity index (χ3n) is 2.73. The van der Waals surface area contributed by atoms with Gasteiger partial charge in [-0.1, -0.05) is 56.5 Å². The van der Waals surface area contributed by atoms with Gasteiger partial charge in [0, 0.05) is 4.83 Å². The van der Waals surface area contributed by atoms with Crippen molar-refractivity contribution < 1.29 is 0 Å². The van der Waals surface area contributed by atoms with E-state index in [0.717, 1.165) is 16.7 Å². The zero-order chi connectivity index (χ0) is 9.56. The molecule has 1 atom stereocenters. The summed E-state index contributed by atoms with van der Waals surface area (Å²) in [6.07, 6.45) is 5.41. The minimum Gasteiger partial charge on any atom is -0.0888 e. The molecule has 0 bridgehead atoms. The molecule has 1 unspecified atom stereocenters. The van der Waals surface area contributed by atoms with Gasteiger partial charge in [-0.25, -0.2) is 0 Å². The molecule has 0 saturated heterocycles. The van der Waals surface area contributed by atoms with Gasteiger partial charge in [-0.05, 0) is 24.7 Å². The highest BCUT2D eigenvalue weighted by Crippen LogP contribution is 2.23. The SMILES string of the molecule is CCC(CC)CCC(Br)C(C)C. The summed E-state index contributed by atoms with van der Waals surface area (Å²) in [5, 5.41) is 0. The van der Waals surface area contributed by atoms with Crippen molar-refractivity contribution in [3.8, 4) is 0 Å². The van der Waals surface area contributed by atoms with E-state index >= 15 is 0 Å². The van der Waals surface area contributed by atoms with Gasteiger partial charge in [0.15, 0.2) is 0 Å². The summed E-state index contributed by atoms with van der Waals surface area (Å²) in [5.41, 5.74) is 0. The summed E-state index contributed by atoms with van der Waals surface area (Å²) in [6.45, 7) is 9.16. The highest BCUT2D eigenvalue weighted by Gasteiger charge is 2.11. The van der Waals surface area contributed by atoms with Crippen LogP contribution >= 0.6 is 15.9 Å². The van der Waals surface area contributed by atoms with Crippen molar-refractivity contribution in [3.05, 3.63) is 0 Å². The number of hydrogen-bond donors (Lipinski definition) is 0. The van der Waals surface area contributed by atoms with E-state index in [-0.39, 0.29) is 0 Å². The Morgan fingerprint density at radius 3 is 1.83 bits per heavy atom. The molecule has 0 heterocycles. The Kier molecular flexibility index (Phi) is 7.22. The van der Waals surface area contributed by atoms with Gasteiger partial charge in [-0.2, -0.15) is 0 Å². The number of alkyl halides is 1. The first kappa shape index (κ1) is 12.5. The Bertz CT molecular complexity index is 93.2. The number of hydrogen-bond acceptors (Lipinski definition) is 0. The van der Waals surface area contributed by atoms with Gasteiger partial charge in [-0.15, -0.1) is 0 Å². The lowest BCUT2D eigenvalue weighted by Crippen LogP contribution is -2.09. The molecule has 0 rings (SSSR count). The first-order valence-corrected chi connectivity index (χ1v) is 6.17. The van der Waals surface area contributed by atoms with E-state index in [4.69, 9.17) is 0 Å². The van der Waals surface area contributed by atoms with Crippen molar-refractivity contribution in [2.45, 2.75) is 58.2 Å². The van der Waals surface area contributed by atoms with E-state index in [2.05, 4.69) is 43.6 Å². The largest absolute Gasteiger partial charge is 0.0888 e. The van der Waals surface area contributed by atoms with Crippen molar-refractivity contribution in [2.75, 3.05) is 0 Å². The Balaban J connectivity index is 3.51. The van der Waals surface area contributed by atoms with Crippen LogP contribution in [0.1, 0.15) is 53.4 Å². The summed E-state index contributed by atoms with van der Waals surface area (Å²) in [5.74, 6) is 1.73. The van der Waals surface area contributed by atoms with Crippen molar-refractivity contribution in [1.29, 1.82) is 0 Å². The molecule has 1 heteroatoms. The Morgan fingerprint density at radius 1 is 1.00 bits per heavy atom. The molecule has 0 aliphatic carbocycles. The summed E-state index contributed by atoms with van der Waals surface area (Å²) < 4.78 is 0. The zero-order valence-corrected chi connectivity index (χ0v) is 10.5. The highest BCUT2D eigenvalue weighted by atomic mass is 79.9. The normalized spacial score (nSPS) is 14.2. The van der Waals surface area contributed by atoms with Crippen LogP contribution in [0.25, 0.3) is 0 Å². The van der Waals surface area contributed by atoms with E-state index in [0.29, 0.717) is 0 Å². The molecule has 0 N–H and O–H groups in total. The van der Waals surface area contributed by atoms with E-state index in [9.17, 15) is 0 Å². The summed E-state index contributed by atoms with van der Waals surface area (Å²) >= 11 is 3.73. The lowest BCUT2D eigenvalue weighted by molar-refractivity contribution is 0.420. The van der Waals surface area contributed by atoms with E-state index in [1.54, 1.807) is 0 Å². The lowest BCUT2D eigenvalue weighted by atomic mass is 9.94. The smallest absolute Gasteiger partial charge is 0.0168 e. The van der Waals surface area contributed by atoms with Crippen LogP contribution in [-0.4, -0.2) is 4.83 Å². The van der Waals surface area contributed by atoms with E-state index in [1.165, 1.54) is 25.7 Å². The van der Waals surface area contributed by atoms with E-state index < -0.39 is 0 Å². The maximum atomic E-state index is 3.73. The zero-order valence-electron chi connectivity index (χ0n) is 8.94. The van der Waals surface area contributed by atoms with Gasteiger partial charge in [0.05, 0.1) is 0 Å². The topological polar surface area (TPSA) is 0 Å². The molecular formula is C11H23Br. The second kappa shape index (κ2) is 6.94. The van der Waals surface area contributed by atoms with Crippen LogP contribution in [0.4, 0.5) is 0 Å². The van der Waals surface area contributed by atoms with E-state index in [1.807, 2.05) is 0 Å². The predicted molar refractivity (Wildman–Crippen MR) is 60.9 cm³/mol. The van der Waals surface area contributed by atoms with Gasteiger partial charge in [0.2, 0.25) is 0 Å². The molecule has 0 spiro atoms. The summed E-state index contributed by atoms with van der Waals surface area (Å²) in [6, 6.07) is 0. The average Bonchev–Trinajstić information content (AvgIpc) is 2.05. The Morgan fingerprint density at radius 2 is 1.50 bits per heavy atom. The Labute approximate surface area is 86.3 Å².